The molecule has 0 aromatic heterocycles. The fourth-order valence-electron chi connectivity index (χ4n) is 2.16. The monoisotopic (exact) mass is 394 g/mol. The number of amidine groups is 1. The molecule has 0 saturated heterocycles. The van der Waals surface area contributed by atoms with Gasteiger partial charge in [0.05, 0.1) is 6.04 Å². The zero-order chi connectivity index (χ0) is 13.8. The van der Waals surface area contributed by atoms with E-state index in [2.05, 4.69) is 82.5 Å². The zero-order valence-electron chi connectivity index (χ0n) is 10.9. The second kappa shape index (κ2) is 6.63. The Morgan fingerprint density at radius 1 is 1.15 bits per heavy atom. The molecule has 3 rings (SSSR count). The van der Waals surface area contributed by atoms with Crippen LogP contribution >= 0.6 is 34.4 Å². The molecule has 102 valence electrons. The number of thioether (sulfide) groups is 1. The standard InChI is InChI=1S/C16H15IN2S/c17-13-7-4-8-14(10-13)18-16-19-15(11-20-16)9-12-5-2-1-3-6-12/h1-8,10,15H,9,11H2,(H,18,19). The summed E-state index contributed by atoms with van der Waals surface area (Å²) in [5.74, 6) is 1.06. The molecule has 1 aliphatic heterocycles. The maximum absolute atomic E-state index is 4.77. The van der Waals surface area contributed by atoms with E-state index in [1.807, 2.05) is 0 Å². The molecule has 1 unspecified atom stereocenters. The molecule has 2 nitrogen and oxygen atoms in total. The van der Waals surface area contributed by atoms with Gasteiger partial charge >= 0.3 is 0 Å². The molecule has 0 bridgehead atoms. The van der Waals surface area contributed by atoms with Crippen LogP contribution in [0.4, 0.5) is 5.69 Å². The van der Waals surface area contributed by atoms with Gasteiger partial charge in [0.25, 0.3) is 0 Å². The molecule has 4 heteroatoms. The van der Waals surface area contributed by atoms with Crippen molar-refractivity contribution in [3.63, 3.8) is 0 Å². The first-order valence-corrected chi connectivity index (χ1v) is 8.63. The third kappa shape index (κ3) is 3.76. The predicted molar refractivity (Wildman–Crippen MR) is 96.6 cm³/mol. The fourth-order valence-corrected chi connectivity index (χ4v) is 3.66. The number of hydrogen-bond acceptors (Lipinski definition) is 3. The van der Waals surface area contributed by atoms with Crippen LogP contribution in [0.1, 0.15) is 5.56 Å². The minimum Gasteiger partial charge on any atom is -0.335 e. The fraction of sp³-hybridized carbons (Fsp3) is 0.188. The van der Waals surface area contributed by atoms with Crippen molar-refractivity contribution < 1.29 is 0 Å². The molecule has 0 amide bonds. The summed E-state index contributed by atoms with van der Waals surface area (Å²) in [5.41, 5.74) is 2.47. The number of anilines is 1. The molecule has 1 aliphatic rings. The summed E-state index contributed by atoms with van der Waals surface area (Å²) < 4.78 is 1.23. The number of aliphatic imine (C=N–C) groups is 1. The van der Waals surface area contributed by atoms with E-state index < -0.39 is 0 Å². The van der Waals surface area contributed by atoms with Crippen molar-refractivity contribution >= 4 is 45.2 Å². The van der Waals surface area contributed by atoms with E-state index in [4.69, 9.17) is 4.99 Å². The molecule has 0 spiro atoms. The van der Waals surface area contributed by atoms with E-state index >= 15 is 0 Å². The smallest absolute Gasteiger partial charge is 0.161 e. The lowest BCUT2D eigenvalue weighted by atomic mass is 10.1. The number of nitrogens with one attached hydrogen (secondary N) is 1. The molecule has 1 atom stereocenters. The van der Waals surface area contributed by atoms with E-state index in [-0.39, 0.29) is 0 Å². The van der Waals surface area contributed by atoms with Crippen molar-refractivity contribution in [3.8, 4) is 0 Å². The van der Waals surface area contributed by atoms with Gasteiger partial charge in [-0.2, -0.15) is 0 Å². The van der Waals surface area contributed by atoms with Crippen LogP contribution in [0.2, 0.25) is 0 Å². The SMILES string of the molecule is Ic1cccc(NC2=NC(Cc3ccccc3)CS2)c1. The van der Waals surface area contributed by atoms with Gasteiger partial charge in [-0.3, -0.25) is 4.99 Å². The van der Waals surface area contributed by atoms with Crippen LogP contribution < -0.4 is 5.32 Å². The lowest BCUT2D eigenvalue weighted by Crippen LogP contribution is -2.08. The number of benzene rings is 2. The Hall–Kier alpha value is -1.01. The van der Waals surface area contributed by atoms with Gasteiger partial charge in [0.15, 0.2) is 5.17 Å². The van der Waals surface area contributed by atoms with Crippen LogP contribution in [-0.4, -0.2) is 17.0 Å². The van der Waals surface area contributed by atoms with Gasteiger partial charge in [0, 0.05) is 15.0 Å². The Morgan fingerprint density at radius 3 is 2.80 bits per heavy atom. The van der Waals surface area contributed by atoms with Gasteiger partial charge in [-0.05, 0) is 52.8 Å². The second-order valence-corrected chi connectivity index (χ2v) is 6.98. The maximum Gasteiger partial charge on any atom is 0.161 e. The quantitative estimate of drug-likeness (QED) is 0.780. The molecule has 2 aromatic carbocycles. The van der Waals surface area contributed by atoms with Crippen LogP contribution in [-0.2, 0) is 6.42 Å². The molecule has 0 saturated carbocycles. The van der Waals surface area contributed by atoms with Crippen LogP contribution in [0.3, 0.4) is 0 Å². The van der Waals surface area contributed by atoms with Crippen molar-refractivity contribution in [2.75, 3.05) is 11.1 Å². The first-order valence-electron chi connectivity index (χ1n) is 6.57. The Kier molecular flexibility index (Phi) is 4.62. The topological polar surface area (TPSA) is 24.4 Å². The minimum absolute atomic E-state index is 0.382. The molecular formula is C16H15IN2S. The predicted octanol–water partition coefficient (Wildman–Crippen LogP) is 4.42. The van der Waals surface area contributed by atoms with Crippen molar-refractivity contribution in [1.82, 2.24) is 0 Å². The van der Waals surface area contributed by atoms with Gasteiger partial charge in [-0.25, -0.2) is 0 Å². The first-order chi connectivity index (χ1) is 9.79. The number of rotatable bonds is 3. The summed E-state index contributed by atoms with van der Waals surface area (Å²) in [7, 11) is 0. The molecule has 20 heavy (non-hydrogen) atoms. The highest BCUT2D eigenvalue weighted by atomic mass is 127. The second-order valence-electron chi connectivity index (χ2n) is 4.72. The summed E-state index contributed by atoms with van der Waals surface area (Å²) in [6, 6.07) is 19.3. The summed E-state index contributed by atoms with van der Waals surface area (Å²) in [6.45, 7) is 0. The lowest BCUT2D eigenvalue weighted by Gasteiger charge is -2.05. The highest BCUT2D eigenvalue weighted by molar-refractivity contribution is 14.1. The normalized spacial score (nSPS) is 17.9. The Morgan fingerprint density at radius 2 is 2.00 bits per heavy atom. The summed E-state index contributed by atoms with van der Waals surface area (Å²) in [4.78, 5) is 4.77. The van der Waals surface area contributed by atoms with Crippen LogP contribution in [0, 0.1) is 3.57 Å². The Balaban J connectivity index is 1.63. The average molecular weight is 394 g/mol. The van der Waals surface area contributed by atoms with Crippen molar-refractivity contribution in [1.29, 1.82) is 0 Å². The molecule has 0 aliphatic carbocycles. The molecule has 1 heterocycles. The molecular weight excluding hydrogens is 379 g/mol. The number of halogens is 1. The maximum atomic E-state index is 4.77. The van der Waals surface area contributed by atoms with Crippen LogP contribution in [0.15, 0.2) is 59.6 Å². The van der Waals surface area contributed by atoms with Crippen LogP contribution in [0.25, 0.3) is 0 Å². The molecule has 2 aromatic rings. The minimum atomic E-state index is 0.382. The number of hydrogen-bond donors (Lipinski definition) is 1. The molecule has 0 fully saturated rings. The lowest BCUT2D eigenvalue weighted by molar-refractivity contribution is 0.762. The van der Waals surface area contributed by atoms with Gasteiger partial charge in [0.2, 0.25) is 0 Å². The molecule has 1 N–H and O–H groups in total. The van der Waals surface area contributed by atoms with E-state index in [1.165, 1.54) is 9.13 Å². The first kappa shape index (κ1) is 13.9. The average Bonchev–Trinajstić information content (AvgIpc) is 2.87. The van der Waals surface area contributed by atoms with Gasteiger partial charge in [-0.1, -0.05) is 48.2 Å². The van der Waals surface area contributed by atoms with Crippen LogP contribution in [0.5, 0.6) is 0 Å². The third-order valence-electron chi connectivity index (χ3n) is 3.10. The Bertz CT molecular complexity index is 613. The van der Waals surface area contributed by atoms with Crippen molar-refractivity contribution in [3.05, 3.63) is 63.7 Å². The van der Waals surface area contributed by atoms with Gasteiger partial charge in [0.1, 0.15) is 0 Å². The van der Waals surface area contributed by atoms with E-state index in [0.717, 1.165) is 23.0 Å². The van der Waals surface area contributed by atoms with E-state index in [9.17, 15) is 0 Å². The Labute approximate surface area is 137 Å². The number of nitrogens with zero attached hydrogens (tertiary/aromatic N) is 1. The van der Waals surface area contributed by atoms with Crippen molar-refractivity contribution in [2.24, 2.45) is 4.99 Å². The largest absolute Gasteiger partial charge is 0.335 e. The highest BCUT2D eigenvalue weighted by Gasteiger charge is 2.18. The summed E-state index contributed by atoms with van der Waals surface area (Å²) in [5, 5.41) is 4.44. The molecule has 0 radical (unpaired) electrons. The van der Waals surface area contributed by atoms with E-state index in [0.29, 0.717) is 6.04 Å². The van der Waals surface area contributed by atoms with Gasteiger partial charge < -0.3 is 5.32 Å². The third-order valence-corrected chi connectivity index (χ3v) is 4.81. The van der Waals surface area contributed by atoms with Crippen molar-refractivity contribution in [2.45, 2.75) is 12.5 Å². The summed E-state index contributed by atoms with van der Waals surface area (Å²) >= 11 is 4.13. The summed E-state index contributed by atoms with van der Waals surface area (Å²) in [6.07, 6.45) is 1.02. The highest BCUT2D eigenvalue weighted by Crippen LogP contribution is 2.23. The zero-order valence-corrected chi connectivity index (χ0v) is 13.9. The van der Waals surface area contributed by atoms with E-state index in [1.54, 1.807) is 11.8 Å². The van der Waals surface area contributed by atoms with Gasteiger partial charge in [-0.15, -0.1) is 0 Å².